The first-order chi connectivity index (χ1) is 9.99. The van der Waals surface area contributed by atoms with Gasteiger partial charge in [-0.3, -0.25) is 4.79 Å². The maximum absolute atomic E-state index is 13.7. The van der Waals surface area contributed by atoms with E-state index in [2.05, 4.69) is 4.98 Å². The molecule has 0 aliphatic heterocycles. The number of fused-ring (bicyclic) bond motifs is 1. The van der Waals surface area contributed by atoms with Gasteiger partial charge in [-0.15, -0.1) is 0 Å². The van der Waals surface area contributed by atoms with E-state index in [9.17, 15) is 18.0 Å². The molecule has 0 aliphatic rings. The molecule has 5 heteroatoms. The fraction of sp³-hybridized carbons (Fsp3) is 0.0625. The molecule has 3 rings (SSSR count). The zero-order valence-electron chi connectivity index (χ0n) is 11.0. The van der Waals surface area contributed by atoms with Gasteiger partial charge >= 0.3 is 0 Å². The van der Waals surface area contributed by atoms with Crippen LogP contribution in [0.1, 0.15) is 21.5 Å². The van der Waals surface area contributed by atoms with Crippen molar-refractivity contribution in [3.8, 4) is 0 Å². The van der Waals surface area contributed by atoms with E-state index in [0.717, 1.165) is 5.56 Å². The highest BCUT2D eigenvalue weighted by Gasteiger charge is 2.23. The summed E-state index contributed by atoms with van der Waals surface area (Å²) in [4.78, 5) is 15.3. The minimum absolute atomic E-state index is 0.160. The zero-order valence-corrected chi connectivity index (χ0v) is 11.0. The minimum atomic E-state index is -1.21. The van der Waals surface area contributed by atoms with Crippen LogP contribution in [0.15, 0.2) is 36.5 Å². The SMILES string of the molecule is Cc1cccc2[nH]cc(C(=O)c3c(F)cc(F)cc3F)c12. The average Bonchev–Trinajstić information content (AvgIpc) is 2.82. The molecule has 0 aliphatic carbocycles. The molecular formula is C16H10F3NO. The van der Waals surface area contributed by atoms with Crippen molar-refractivity contribution in [3.05, 3.63) is 70.7 Å². The molecule has 0 unspecified atom stereocenters. The quantitative estimate of drug-likeness (QED) is 0.707. The summed E-state index contributed by atoms with van der Waals surface area (Å²) in [7, 11) is 0. The van der Waals surface area contributed by atoms with Gasteiger partial charge in [0.25, 0.3) is 0 Å². The number of aryl methyl sites for hydroxylation is 1. The number of nitrogens with one attached hydrogen (secondary N) is 1. The Morgan fingerprint density at radius 2 is 1.76 bits per heavy atom. The van der Waals surface area contributed by atoms with Gasteiger partial charge in [-0.2, -0.15) is 0 Å². The van der Waals surface area contributed by atoms with Gasteiger partial charge in [-0.25, -0.2) is 13.2 Å². The Labute approximate surface area is 118 Å². The average molecular weight is 289 g/mol. The number of rotatable bonds is 2. The van der Waals surface area contributed by atoms with Crippen LogP contribution in [0.2, 0.25) is 0 Å². The third-order valence-corrected chi connectivity index (χ3v) is 3.39. The number of ketones is 1. The number of aromatic nitrogens is 1. The van der Waals surface area contributed by atoms with E-state index in [4.69, 9.17) is 0 Å². The van der Waals surface area contributed by atoms with Crippen LogP contribution in [0.25, 0.3) is 10.9 Å². The molecule has 0 saturated heterocycles. The number of carbonyl (C=O) groups excluding carboxylic acids is 1. The Balaban J connectivity index is 2.23. The highest BCUT2D eigenvalue weighted by molar-refractivity contribution is 6.17. The molecule has 21 heavy (non-hydrogen) atoms. The van der Waals surface area contributed by atoms with Crippen LogP contribution in [0.4, 0.5) is 13.2 Å². The van der Waals surface area contributed by atoms with Crippen LogP contribution < -0.4 is 0 Å². The van der Waals surface area contributed by atoms with Gasteiger partial charge in [-0.05, 0) is 18.6 Å². The van der Waals surface area contributed by atoms with E-state index in [1.165, 1.54) is 6.20 Å². The molecular weight excluding hydrogens is 279 g/mol. The topological polar surface area (TPSA) is 32.9 Å². The standard InChI is InChI=1S/C16H10F3NO/c1-8-3-2-4-13-14(8)10(7-20-13)16(21)15-11(18)5-9(17)6-12(15)19/h2-7,20H,1H3. The van der Waals surface area contributed by atoms with Crippen LogP contribution >= 0.6 is 0 Å². The largest absolute Gasteiger partial charge is 0.360 e. The van der Waals surface area contributed by atoms with Crippen molar-refractivity contribution < 1.29 is 18.0 Å². The molecule has 0 saturated carbocycles. The monoisotopic (exact) mass is 289 g/mol. The number of aromatic amines is 1. The number of hydrogen-bond acceptors (Lipinski definition) is 1. The van der Waals surface area contributed by atoms with Gasteiger partial charge in [-0.1, -0.05) is 12.1 Å². The second-order valence-electron chi connectivity index (χ2n) is 4.77. The molecule has 106 valence electrons. The first-order valence-electron chi connectivity index (χ1n) is 6.25. The van der Waals surface area contributed by atoms with Crippen molar-refractivity contribution in [2.24, 2.45) is 0 Å². The molecule has 2 nitrogen and oxygen atoms in total. The third kappa shape index (κ3) is 2.11. The van der Waals surface area contributed by atoms with Crippen LogP contribution in [-0.2, 0) is 0 Å². The maximum Gasteiger partial charge on any atom is 0.201 e. The summed E-state index contributed by atoms with van der Waals surface area (Å²) in [5, 5.41) is 0.602. The van der Waals surface area contributed by atoms with Gasteiger partial charge in [0.15, 0.2) is 0 Å². The fourth-order valence-corrected chi connectivity index (χ4v) is 2.44. The summed E-state index contributed by atoms with van der Waals surface area (Å²) < 4.78 is 40.4. The van der Waals surface area contributed by atoms with Crippen molar-refractivity contribution in [2.75, 3.05) is 0 Å². The summed E-state index contributed by atoms with van der Waals surface area (Å²) in [6.07, 6.45) is 1.40. The number of benzene rings is 2. The fourth-order valence-electron chi connectivity index (χ4n) is 2.44. The molecule has 0 atom stereocenters. The number of H-pyrrole nitrogens is 1. The second-order valence-corrected chi connectivity index (χ2v) is 4.77. The molecule has 0 spiro atoms. The first-order valence-corrected chi connectivity index (χ1v) is 6.25. The van der Waals surface area contributed by atoms with Crippen LogP contribution in [-0.4, -0.2) is 10.8 Å². The normalized spacial score (nSPS) is 11.0. The summed E-state index contributed by atoms with van der Waals surface area (Å²) in [5.41, 5.74) is 0.911. The summed E-state index contributed by atoms with van der Waals surface area (Å²) >= 11 is 0. The highest BCUT2D eigenvalue weighted by Crippen LogP contribution is 2.26. The third-order valence-electron chi connectivity index (χ3n) is 3.39. The molecule has 3 aromatic rings. The van der Waals surface area contributed by atoms with Crippen molar-refractivity contribution in [1.82, 2.24) is 4.98 Å². The molecule has 1 heterocycles. The minimum Gasteiger partial charge on any atom is -0.360 e. The van der Waals surface area contributed by atoms with Crippen molar-refractivity contribution in [3.63, 3.8) is 0 Å². The Bertz CT molecular complexity index is 844. The number of hydrogen-bond donors (Lipinski definition) is 1. The Morgan fingerprint density at radius 1 is 1.10 bits per heavy atom. The van der Waals surface area contributed by atoms with E-state index in [1.54, 1.807) is 19.1 Å². The molecule has 1 N–H and O–H groups in total. The Kier molecular flexibility index (Phi) is 3.05. The van der Waals surface area contributed by atoms with E-state index in [1.807, 2.05) is 6.07 Å². The number of halogens is 3. The summed E-state index contributed by atoms with van der Waals surface area (Å²) in [6, 6.07) is 6.36. The lowest BCUT2D eigenvalue weighted by Gasteiger charge is -2.05. The lowest BCUT2D eigenvalue weighted by Crippen LogP contribution is -2.08. The lowest BCUT2D eigenvalue weighted by atomic mass is 9.99. The first kappa shape index (κ1) is 13.4. The molecule has 2 aromatic carbocycles. The molecule has 0 amide bonds. The van der Waals surface area contributed by atoms with Crippen molar-refractivity contribution in [2.45, 2.75) is 6.92 Å². The highest BCUT2D eigenvalue weighted by atomic mass is 19.1. The smallest absolute Gasteiger partial charge is 0.201 e. The van der Waals surface area contributed by atoms with E-state index >= 15 is 0 Å². The Morgan fingerprint density at radius 3 is 2.43 bits per heavy atom. The van der Waals surface area contributed by atoms with Gasteiger partial charge in [0.1, 0.15) is 17.5 Å². The van der Waals surface area contributed by atoms with Crippen LogP contribution in [0.3, 0.4) is 0 Å². The Hall–Kier alpha value is -2.56. The van der Waals surface area contributed by atoms with E-state index in [-0.39, 0.29) is 5.56 Å². The van der Waals surface area contributed by atoms with Gasteiger partial charge in [0, 0.05) is 34.8 Å². The summed E-state index contributed by atoms with van der Waals surface area (Å²) in [5.74, 6) is -4.29. The van der Waals surface area contributed by atoms with Gasteiger partial charge in [0.2, 0.25) is 5.78 Å². The molecule has 0 bridgehead atoms. The molecule has 0 radical (unpaired) electrons. The number of carbonyl (C=O) groups is 1. The van der Waals surface area contributed by atoms with Crippen molar-refractivity contribution in [1.29, 1.82) is 0 Å². The lowest BCUT2D eigenvalue weighted by molar-refractivity contribution is 0.103. The van der Waals surface area contributed by atoms with Gasteiger partial charge in [0.05, 0.1) is 5.56 Å². The van der Waals surface area contributed by atoms with E-state index in [0.29, 0.717) is 23.0 Å². The van der Waals surface area contributed by atoms with Gasteiger partial charge < -0.3 is 4.98 Å². The predicted octanol–water partition coefficient (Wildman–Crippen LogP) is 4.12. The van der Waals surface area contributed by atoms with Crippen LogP contribution in [0.5, 0.6) is 0 Å². The molecule has 1 aromatic heterocycles. The van der Waals surface area contributed by atoms with Crippen LogP contribution in [0, 0.1) is 24.4 Å². The predicted molar refractivity (Wildman–Crippen MR) is 72.8 cm³/mol. The second kappa shape index (κ2) is 4.77. The van der Waals surface area contributed by atoms with E-state index < -0.39 is 28.8 Å². The zero-order chi connectivity index (χ0) is 15.1. The summed E-state index contributed by atoms with van der Waals surface area (Å²) in [6.45, 7) is 1.80. The maximum atomic E-state index is 13.7. The molecule has 0 fully saturated rings. The van der Waals surface area contributed by atoms with Crippen molar-refractivity contribution >= 4 is 16.7 Å².